The maximum atomic E-state index is 10.7. The first-order valence-electron chi connectivity index (χ1n) is 5.31. The average molecular weight is 247 g/mol. The van der Waals surface area contributed by atoms with Gasteiger partial charge in [-0.3, -0.25) is 4.79 Å². The van der Waals surface area contributed by atoms with Crippen molar-refractivity contribution in [1.82, 2.24) is 9.97 Å². The van der Waals surface area contributed by atoms with Crippen LogP contribution < -0.4 is 16.8 Å². The van der Waals surface area contributed by atoms with Crippen LogP contribution in [0.5, 0.6) is 0 Å². The molecule has 1 unspecified atom stereocenters. The van der Waals surface area contributed by atoms with Crippen molar-refractivity contribution in [2.75, 3.05) is 17.6 Å². The number of hydrogen-bond donors (Lipinski definition) is 4. The fourth-order valence-corrected chi connectivity index (χ4v) is 1.44. The smallest absolute Gasteiger partial charge is 0.248 e. The summed E-state index contributed by atoms with van der Waals surface area (Å²) >= 11 is 0. The lowest BCUT2D eigenvalue weighted by Crippen LogP contribution is -2.34. The number of nitrogens with two attached hydrogens (primary N) is 2. The Morgan fingerprint density at radius 3 is 2.56 bits per heavy atom. The Bertz CT molecular complexity index is 587. The molecule has 1 amide bonds. The number of nitrogens with zero attached hydrogens (tertiary/aromatic N) is 2. The topological polar surface area (TPSA) is 127 Å². The Morgan fingerprint density at radius 2 is 1.94 bits per heavy atom. The third-order valence-corrected chi connectivity index (χ3v) is 2.39. The van der Waals surface area contributed by atoms with Gasteiger partial charge >= 0.3 is 0 Å². The van der Waals surface area contributed by atoms with Gasteiger partial charge in [-0.2, -0.15) is 0 Å². The van der Waals surface area contributed by atoms with Gasteiger partial charge < -0.3 is 21.9 Å². The van der Waals surface area contributed by atoms with Gasteiger partial charge in [0, 0.05) is 0 Å². The van der Waals surface area contributed by atoms with Crippen LogP contribution in [0.1, 0.15) is 0 Å². The van der Waals surface area contributed by atoms with Crippen molar-refractivity contribution < 1.29 is 9.90 Å². The van der Waals surface area contributed by atoms with Crippen LogP contribution in [0, 0.1) is 0 Å². The van der Waals surface area contributed by atoms with E-state index in [9.17, 15) is 9.90 Å². The number of carbonyl (C=O) groups excluding carboxylic acids is 1. The van der Waals surface area contributed by atoms with Gasteiger partial charge in [-0.1, -0.05) is 12.1 Å². The molecule has 94 valence electrons. The van der Waals surface area contributed by atoms with Gasteiger partial charge in [-0.15, -0.1) is 0 Å². The molecule has 7 nitrogen and oxygen atoms in total. The number of nitrogen functional groups attached to an aromatic ring is 1. The van der Waals surface area contributed by atoms with Gasteiger partial charge in [0.2, 0.25) is 5.91 Å². The number of anilines is 2. The third-order valence-electron chi connectivity index (χ3n) is 2.39. The molecule has 0 aliphatic carbocycles. The van der Waals surface area contributed by atoms with Crippen molar-refractivity contribution in [2.45, 2.75) is 6.10 Å². The molecule has 0 saturated carbocycles. The van der Waals surface area contributed by atoms with E-state index < -0.39 is 12.0 Å². The quantitative estimate of drug-likeness (QED) is 0.575. The second-order valence-electron chi connectivity index (χ2n) is 3.75. The number of hydrogen-bond acceptors (Lipinski definition) is 6. The van der Waals surface area contributed by atoms with E-state index in [1.807, 2.05) is 12.1 Å². The van der Waals surface area contributed by atoms with Crippen molar-refractivity contribution in [2.24, 2.45) is 5.73 Å². The van der Waals surface area contributed by atoms with E-state index in [4.69, 9.17) is 11.5 Å². The summed E-state index contributed by atoms with van der Waals surface area (Å²) in [5, 5.41) is 12.0. The molecular formula is C11H13N5O2. The molecule has 2 aromatic rings. The average Bonchev–Trinajstić information content (AvgIpc) is 2.35. The lowest BCUT2D eigenvalue weighted by atomic mass is 10.3. The van der Waals surface area contributed by atoms with Crippen LogP contribution in [0.4, 0.5) is 11.6 Å². The zero-order chi connectivity index (χ0) is 13.1. The lowest BCUT2D eigenvalue weighted by molar-refractivity contribution is -0.125. The minimum atomic E-state index is -1.29. The summed E-state index contributed by atoms with van der Waals surface area (Å²) in [6, 6.07) is 7.24. The molecule has 0 fully saturated rings. The zero-order valence-corrected chi connectivity index (χ0v) is 9.50. The van der Waals surface area contributed by atoms with Crippen molar-refractivity contribution in [3.63, 3.8) is 0 Å². The molecule has 0 radical (unpaired) electrons. The number of primary amides is 1. The predicted octanol–water partition coefficient (Wildman–Crippen LogP) is -0.530. The third kappa shape index (κ3) is 2.46. The number of benzene rings is 1. The number of aromatic nitrogens is 2. The summed E-state index contributed by atoms with van der Waals surface area (Å²) in [5.74, 6) is -0.297. The van der Waals surface area contributed by atoms with Crippen LogP contribution in [0.15, 0.2) is 24.3 Å². The minimum Gasteiger partial charge on any atom is -0.381 e. The van der Waals surface area contributed by atoms with Crippen LogP contribution >= 0.6 is 0 Å². The summed E-state index contributed by atoms with van der Waals surface area (Å²) in [5.41, 5.74) is 12.0. The van der Waals surface area contributed by atoms with E-state index in [0.29, 0.717) is 16.9 Å². The largest absolute Gasteiger partial charge is 0.381 e. The van der Waals surface area contributed by atoms with Crippen LogP contribution in [-0.4, -0.2) is 33.6 Å². The fourth-order valence-electron chi connectivity index (χ4n) is 1.44. The van der Waals surface area contributed by atoms with E-state index in [1.165, 1.54) is 0 Å². The SMILES string of the molecule is NC(=O)C(O)CNc1nc2ccccc2nc1N. The number of fused-ring (bicyclic) bond motifs is 1. The monoisotopic (exact) mass is 247 g/mol. The summed E-state index contributed by atoms with van der Waals surface area (Å²) in [6.07, 6.45) is -1.29. The normalized spacial score (nSPS) is 12.3. The highest BCUT2D eigenvalue weighted by atomic mass is 16.3. The van der Waals surface area contributed by atoms with Gasteiger partial charge in [-0.25, -0.2) is 9.97 Å². The number of amides is 1. The standard InChI is InChI=1S/C11H13N5O2/c12-9-11(14-5-8(17)10(13)18)16-7-4-2-1-3-6(7)15-9/h1-4,8,17H,5H2,(H2,12,15)(H2,13,18)(H,14,16). The highest BCUT2D eigenvalue weighted by Gasteiger charge is 2.12. The van der Waals surface area contributed by atoms with E-state index >= 15 is 0 Å². The molecule has 2 rings (SSSR count). The molecule has 1 aromatic heterocycles. The summed E-state index contributed by atoms with van der Waals surface area (Å²) < 4.78 is 0. The number of carbonyl (C=O) groups is 1. The van der Waals surface area contributed by atoms with E-state index in [0.717, 1.165) is 0 Å². The Kier molecular flexibility index (Phi) is 3.24. The van der Waals surface area contributed by atoms with Crippen LogP contribution in [0.2, 0.25) is 0 Å². The fraction of sp³-hybridized carbons (Fsp3) is 0.182. The summed E-state index contributed by atoms with van der Waals surface area (Å²) in [4.78, 5) is 19.1. The van der Waals surface area contributed by atoms with Gasteiger partial charge in [-0.05, 0) is 12.1 Å². The Hall–Kier alpha value is -2.41. The number of aliphatic hydroxyl groups excluding tert-OH is 1. The van der Waals surface area contributed by atoms with E-state index in [2.05, 4.69) is 15.3 Å². The number of rotatable bonds is 4. The Morgan fingerprint density at radius 1 is 1.33 bits per heavy atom. The number of para-hydroxylation sites is 2. The molecule has 1 atom stereocenters. The first-order valence-corrected chi connectivity index (χ1v) is 5.31. The zero-order valence-electron chi connectivity index (χ0n) is 9.50. The van der Waals surface area contributed by atoms with Gasteiger partial charge in [0.1, 0.15) is 6.10 Å². The highest BCUT2D eigenvalue weighted by molar-refractivity contribution is 5.81. The van der Waals surface area contributed by atoms with E-state index in [1.54, 1.807) is 12.1 Å². The Balaban J connectivity index is 2.23. The first kappa shape index (κ1) is 12.1. The van der Waals surface area contributed by atoms with Crippen LogP contribution in [0.3, 0.4) is 0 Å². The molecule has 7 heteroatoms. The van der Waals surface area contributed by atoms with E-state index in [-0.39, 0.29) is 12.4 Å². The molecule has 0 bridgehead atoms. The maximum absolute atomic E-state index is 10.7. The van der Waals surface area contributed by atoms with Crippen molar-refractivity contribution >= 4 is 28.6 Å². The van der Waals surface area contributed by atoms with Crippen LogP contribution in [-0.2, 0) is 4.79 Å². The number of nitrogens with one attached hydrogen (secondary N) is 1. The highest BCUT2D eigenvalue weighted by Crippen LogP contribution is 2.17. The van der Waals surface area contributed by atoms with Gasteiger partial charge in [0.15, 0.2) is 11.6 Å². The summed E-state index contributed by atoms with van der Waals surface area (Å²) in [6.45, 7) is -0.0629. The second kappa shape index (κ2) is 4.84. The summed E-state index contributed by atoms with van der Waals surface area (Å²) in [7, 11) is 0. The van der Waals surface area contributed by atoms with Crippen LogP contribution in [0.25, 0.3) is 11.0 Å². The molecule has 0 saturated heterocycles. The lowest BCUT2D eigenvalue weighted by Gasteiger charge is -2.11. The molecule has 0 spiro atoms. The van der Waals surface area contributed by atoms with Crippen molar-refractivity contribution in [3.05, 3.63) is 24.3 Å². The first-order chi connectivity index (χ1) is 8.58. The molecule has 1 heterocycles. The molecular weight excluding hydrogens is 234 g/mol. The maximum Gasteiger partial charge on any atom is 0.248 e. The Labute approximate surface area is 103 Å². The van der Waals surface area contributed by atoms with Crippen molar-refractivity contribution in [1.29, 1.82) is 0 Å². The van der Waals surface area contributed by atoms with Gasteiger partial charge in [0.05, 0.1) is 17.6 Å². The predicted molar refractivity (Wildman–Crippen MR) is 67.6 cm³/mol. The molecule has 0 aliphatic heterocycles. The number of aliphatic hydroxyl groups is 1. The molecule has 1 aromatic carbocycles. The molecule has 18 heavy (non-hydrogen) atoms. The van der Waals surface area contributed by atoms with Crippen molar-refractivity contribution in [3.8, 4) is 0 Å². The molecule has 6 N–H and O–H groups in total. The minimum absolute atomic E-state index is 0.0629. The molecule has 0 aliphatic rings. The second-order valence-corrected chi connectivity index (χ2v) is 3.75. The van der Waals surface area contributed by atoms with Gasteiger partial charge in [0.25, 0.3) is 0 Å².